The molecule has 3 aromatic rings. The minimum absolute atomic E-state index is 0.211. The van der Waals surface area contributed by atoms with Crippen LogP contribution >= 0.6 is 0 Å². The number of benzene rings is 2. The van der Waals surface area contributed by atoms with Gasteiger partial charge < -0.3 is 15.4 Å². The highest BCUT2D eigenvalue weighted by Gasteiger charge is 2.10. The summed E-state index contributed by atoms with van der Waals surface area (Å²) in [5.74, 6) is 1.05. The molecular weight excluding hydrogens is 364 g/mol. The number of ether oxygens (including phenoxy) is 1. The second kappa shape index (κ2) is 9.68. The lowest BCUT2D eigenvalue weighted by Gasteiger charge is -2.10. The first kappa shape index (κ1) is 20.3. The summed E-state index contributed by atoms with van der Waals surface area (Å²) >= 11 is 0. The molecule has 2 aromatic carbocycles. The summed E-state index contributed by atoms with van der Waals surface area (Å²) in [6, 6.07) is 17.8. The maximum Gasteiger partial charge on any atom is 0.270 e. The first-order chi connectivity index (χ1) is 14.0. The fraction of sp³-hybridized carbons (Fsp3) is 0.261. The van der Waals surface area contributed by atoms with Crippen molar-refractivity contribution in [2.24, 2.45) is 0 Å². The van der Waals surface area contributed by atoms with Gasteiger partial charge in [-0.3, -0.25) is 4.79 Å². The number of hydrogen-bond acceptors (Lipinski definition) is 5. The number of carbonyl (C=O) groups excluding carboxylic acids is 1. The number of rotatable bonds is 8. The third-order valence-electron chi connectivity index (χ3n) is 4.49. The zero-order valence-corrected chi connectivity index (χ0v) is 17.0. The van der Waals surface area contributed by atoms with Crippen LogP contribution in [-0.2, 0) is 13.0 Å². The summed E-state index contributed by atoms with van der Waals surface area (Å²) in [5, 5.41) is 6.12. The molecule has 6 heteroatoms. The molecule has 0 aliphatic rings. The van der Waals surface area contributed by atoms with Gasteiger partial charge in [-0.05, 0) is 49.6 Å². The number of hydrogen-bond donors (Lipinski definition) is 2. The van der Waals surface area contributed by atoms with Gasteiger partial charge in [0.15, 0.2) is 0 Å². The van der Waals surface area contributed by atoms with Gasteiger partial charge in [0, 0.05) is 18.8 Å². The van der Waals surface area contributed by atoms with Crippen LogP contribution in [0, 0.1) is 13.8 Å². The first-order valence-electron chi connectivity index (χ1n) is 9.60. The Morgan fingerprint density at radius 2 is 1.79 bits per heavy atom. The Balaban J connectivity index is 1.57. The molecule has 1 aromatic heterocycles. The Morgan fingerprint density at radius 3 is 2.55 bits per heavy atom. The van der Waals surface area contributed by atoms with Crippen molar-refractivity contribution in [3.8, 4) is 5.75 Å². The molecule has 150 valence electrons. The highest BCUT2D eigenvalue weighted by molar-refractivity contribution is 5.92. The van der Waals surface area contributed by atoms with E-state index in [0.29, 0.717) is 31.2 Å². The van der Waals surface area contributed by atoms with Crippen molar-refractivity contribution in [1.29, 1.82) is 0 Å². The lowest BCUT2D eigenvalue weighted by Crippen LogP contribution is -2.27. The van der Waals surface area contributed by atoms with Crippen LogP contribution in [-0.4, -0.2) is 29.5 Å². The molecule has 0 spiro atoms. The number of aryl methyl sites for hydroxylation is 2. The highest BCUT2D eigenvalue weighted by Crippen LogP contribution is 2.13. The van der Waals surface area contributed by atoms with Crippen LogP contribution in [0.25, 0.3) is 0 Å². The fourth-order valence-corrected chi connectivity index (χ4v) is 2.89. The Labute approximate surface area is 171 Å². The summed E-state index contributed by atoms with van der Waals surface area (Å²) in [6.07, 6.45) is 0.714. The molecule has 0 aliphatic heterocycles. The van der Waals surface area contributed by atoms with Crippen molar-refractivity contribution in [3.63, 3.8) is 0 Å². The van der Waals surface area contributed by atoms with E-state index in [-0.39, 0.29) is 5.91 Å². The smallest absolute Gasteiger partial charge is 0.270 e. The van der Waals surface area contributed by atoms with Crippen molar-refractivity contribution >= 4 is 11.9 Å². The highest BCUT2D eigenvalue weighted by atomic mass is 16.5. The molecule has 1 amide bonds. The average Bonchev–Trinajstić information content (AvgIpc) is 2.73. The van der Waals surface area contributed by atoms with E-state index < -0.39 is 0 Å². The largest absolute Gasteiger partial charge is 0.497 e. The van der Waals surface area contributed by atoms with Gasteiger partial charge in [-0.25, -0.2) is 9.97 Å². The molecule has 1 heterocycles. The monoisotopic (exact) mass is 390 g/mol. The van der Waals surface area contributed by atoms with Crippen LogP contribution in [0.3, 0.4) is 0 Å². The summed E-state index contributed by atoms with van der Waals surface area (Å²) in [6.45, 7) is 5.02. The van der Waals surface area contributed by atoms with E-state index >= 15 is 0 Å². The van der Waals surface area contributed by atoms with Crippen LogP contribution in [0.4, 0.5) is 5.95 Å². The minimum Gasteiger partial charge on any atom is -0.497 e. The van der Waals surface area contributed by atoms with E-state index in [2.05, 4.69) is 51.8 Å². The number of aromatic nitrogens is 2. The van der Waals surface area contributed by atoms with Crippen LogP contribution < -0.4 is 15.4 Å². The normalized spacial score (nSPS) is 10.4. The molecule has 3 rings (SSSR count). The predicted molar refractivity (Wildman–Crippen MR) is 114 cm³/mol. The molecule has 29 heavy (non-hydrogen) atoms. The van der Waals surface area contributed by atoms with E-state index in [4.69, 9.17) is 4.74 Å². The molecule has 0 saturated carbocycles. The van der Waals surface area contributed by atoms with Crippen LogP contribution in [0.2, 0.25) is 0 Å². The van der Waals surface area contributed by atoms with E-state index in [0.717, 1.165) is 22.6 Å². The molecule has 0 aliphatic carbocycles. The maximum atomic E-state index is 12.5. The molecule has 0 radical (unpaired) electrons. The van der Waals surface area contributed by atoms with Crippen LogP contribution in [0.5, 0.6) is 5.75 Å². The number of carbonyl (C=O) groups is 1. The van der Waals surface area contributed by atoms with E-state index in [9.17, 15) is 4.79 Å². The van der Waals surface area contributed by atoms with E-state index in [1.165, 1.54) is 5.56 Å². The van der Waals surface area contributed by atoms with Crippen molar-refractivity contribution in [3.05, 3.63) is 82.7 Å². The molecule has 6 nitrogen and oxygen atoms in total. The quantitative estimate of drug-likeness (QED) is 0.614. The number of nitrogens with zero attached hydrogens (tertiary/aromatic N) is 2. The standard InChI is InChI=1S/C23H26N4O2/c1-16-7-9-19(10-8-16)15-25-23-26-17(2)13-21(27-23)22(28)24-12-11-18-5-4-6-20(14-18)29-3/h4-10,13-14H,11-12,15H2,1-3H3,(H,24,28)(H,25,26,27). The lowest BCUT2D eigenvalue weighted by molar-refractivity contribution is 0.0949. The van der Waals surface area contributed by atoms with Gasteiger partial charge in [0.05, 0.1) is 7.11 Å². The Morgan fingerprint density at radius 1 is 1.00 bits per heavy atom. The Hall–Kier alpha value is -3.41. The number of anilines is 1. The minimum atomic E-state index is -0.211. The molecular formula is C23H26N4O2. The Bertz CT molecular complexity index is 971. The molecule has 0 fully saturated rings. The molecule has 0 atom stereocenters. The predicted octanol–water partition coefficient (Wildman–Crippen LogP) is 3.69. The van der Waals surface area contributed by atoms with Crippen molar-refractivity contribution in [1.82, 2.24) is 15.3 Å². The SMILES string of the molecule is COc1cccc(CCNC(=O)c2cc(C)nc(NCc3ccc(C)cc3)n2)c1. The Kier molecular flexibility index (Phi) is 6.79. The third-order valence-corrected chi connectivity index (χ3v) is 4.49. The maximum absolute atomic E-state index is 12.5. The first-order valence-corrected chi connectivity index (χ1v) is 9.60. The second-order valence-electron chi connectivity index (χ2n) is 6.91. The fourth-order valence-electron chi connectivity index (χ4n) is 2.89. The van der Waals surface area contributed by atoms with E-state index in [1.807, 2.05) is 31.2 Å². The van der Waals surface area contributed by atoms with Gasteiger partial charge in [-0.1, -0.05) is 42.0 Å². The zero-order valence-electron chi connectivity index (χ0n) is 17.0. The van der Waals surface area contributed by atoms with Gasteiger partial charge >= 0.3 is 0 Å². The third kappa shape index (κ3) is 6.04. The summed E-state index contributed by atoms with van der Waals surface area (Å²) in [4.78, 5) is 21.3. The van der Waals surface area contributed by atoms with Gasteiger partial charge in [-0.15, -0.1) is 0 Å². The molecule has 2 N–H and O–H groups in total. The van der Waals surface area contributed by atoms with Gasteiger partial charge in [0.2, 0.25) is 5.95 Å². The topological polar surface area (TPSA) is 76.1 Å². The second-order valence-corrected chi connectivity index (χ2v) is 6.91. The van der Waals surface area contributed by atoms with Gasteiger partial charge in [0.25, 0.3) is 5.91 Å². The van der Waals surface area contributed by atoms with Crippen LogP contribution in [0.15, 0.2) is 54.6 Å². The lowest BCUT2D eigenvalue weighted by atomic mass is 10.1. The number of methoxy groups -OCH3 is 1. The zero-order chi connectivity index (χ0) is 20.6. The van der Waals surface area contributed by atoms with Crippen molar-refractivity contribution in [2.75, 3.05) is 19.0 Å². The van der Waals surface area contributed by atoms with Crippen molar-refractivity contribution < 1.29 is 9.53 Å². The summed E-state index contributed by atoms with van der Waals surface area (Å²) in [5.41, 5.74) is 4.54. The molecule has 0 unspecified atom stereocenters. The number of nitrogens with one attached hydrogen (secondary N) is 2. The van der Waals surface area contributed by atoms with Gasteiger partial charge in [-0.2, -0.15) is 0 Å². The molecule has 0 saturated heterocycles. The van der Waals surface area contributed by atoms with E-state index in [1.54, 1.807) is 13.2 Å². The van der Waals surface area contributed by atoms with Crippen LogP contribution in [0.1, 0.15) is 32.9 Å². The van der Waals surface area contributed by atoms with Gasteiger partial charge in [0.1, 0.15) is 11.4 Å². The number of amides is 1. The van der Waals surface area contributed by atoms with Crippen molar-refractivity contribution in [2.45, 2.75) is 26.8 Å². The summed E-state index contributed by atoms with van der Waals surface area (Å²) in [7, 11) is 1.64. The summed E-state index contributed by atoms with van der Waals surface area (Å²) < 4.78 is 5.23. The average molecular weight is 390 g/mol. The molecule has 0 bridgehead atoms.